The van der Waals surface area contributed by atoms with Crippen LogP contribution in [0, 0.1) is 5.92 Å². The summed E-state index contributed by atoms with van der Waals surface area (Å²) in [4.78, 5) is 11.7. The van der Waals surface area contributed by atoms with E-state index in [1.807, 2.05) is 0 Å². The Morgan fingerprint density at radius 3 is 2.32 bits per heavy atom. The highest BCUT2D eigenvalue weighted by Crippen LogP contribution is 2.06. The number of benzene rings is 1. The first-order chi connectivity index (χ1) is 9.02. The molecule has 3 N–H and O–H groups in total. The van der Waals surface area contributed by atoms with Crippen LogP contribution in [-0.4, -0.2) is 18.5 Å². The van der Waals surface area contributed by atoms with E-state index >= 15 is 0 Å². The molecule has 0 bridgehead atoms. The number of aryl methyl sites for hydroxylation is 1. The Balaban J connectivity index is 2.31. The van der Waals surface area contributed by atoms with E-state index in [1.165, 1.54) is 11.1 Å². The molecule has 1 aromatic carbocycles. The molecule has 0 fully saturated rings. The van der Waals surface area contributed by atoms with Gasteiger partial charge in [0.25, 0.3) is 0 Å². The summed E-state index contributed by atoms with van der Waals surface area (Å²) in [6.45, 7) is 6.94. The molecule has 0 unspecified atom stereocenters. The number of nitrogens with two attached hydrogens (primary N) is 1. The van der Waals surface area contributed by atoms with Crippen molar-refractivity contribution in [3.05, 3.63) is 35.4 Å². The molecule has 0 aliphatic carbocycles. The predicted octanol–water partition coefficient (Wildman–Crippen LogP) is 2.28. The van der Waals surface area contributed by atoms with Gasteiger partial charge in [-0.2, -0.15) is 0 Å². The molecule has 1 aromatic rings. The van der Waals surface area contributed by atoms with Crippen LogP contribution in [0.15, 0.2) is 24.3 Å². The fourth-order valence-corrected chi connectivity index (χ4v) is 2.02. The zero-order valence-corrected chi connectivity index (χ0v) is 12.3. The first kappa shape index (κ1) is 15.7. The Morgan fingerprint density at radius 1 is 1.21 bits per heavy atom. The van der Waals surface area contributed by atoms with Crippen molar-refractivity contribution in [1.29, 1.82) is 0 Å². The van der Waals surface area contributed by atoms with Crippen molar-refractivity contribution < 1.29 is 4.79 Å². The monoisotopic (exact) mass is 262 g/mol. The molecule has 0 spiro atoms. The number of hydrogen-bond acceptors (Lipinski definition) is 2. The Morgan fingerprint density at radius 2 is 1.79 bits per heavy atom. The van der Waals surface area contributed by atoms with Crippen molar-refractivity contribution in [3.8, 4) is 0 Å². The normalized spacial score (nSPS) is 12.5. The van der Waals surface area contributed by atoms with Crippen molar-refractivity contribution in [3.63, 3.8) is 0 Å². The third-order valence-corrected chi connectivity index (χ3v) is 3.21. The molecule has 1 rings (SSSR count). The van der Waals surface area contributed by atoms with Gasteiger partial charge in [-0.25, -0.2) is 0 Å². The molecule has 0 aromatic heterocycles. The molecule has 19 heavy (non-hydrogen) atoms. The van der Waals surface area contributed by atoms with Gasteiger partial charge in [0.2, 0.25) is 5.91 Å². The SMILES string of the molecule is CCc1ccc(CCNC(=O)[C@@H](N)CC(C)C)cc1. The minimum atomic E-state index is -0.387. The molecule has 3 nitrogen and oxygen atoms in total. The zero-order chi connectivity index (χ0) is 14.3. The van der Waals surface area contributed by atoms with E-state index in [1.54, 1.807) is 0 Å². The third-order valence-electron chi connectivity index (χ3n) is 3.21. The lowest BCUT2D eigenvalue weighted by Gasteiger charge is -2.14. The molecular formula is C16H26N2O. The lowest BCUT2D eigenvalue weighted by Crippen LogP contribution is -2.42. The average Bonchev–Trinajstić information content (AvgIpc) is 2.38. The Labute approximate surface area is 116 Å². The van der Waals surface area contributed by atoms with Crippen LogP contribution < -0.4 is 11.1 Å². The van der Waals surface area contributed by atoms with E-state index in [0.29, 0.717) is 12.5 Å². The maximum atomic E-state index is 11.7. The van der Waals surface area contributed by atoms with Crippen LogP contribution in [0.1, 0.15) is 38.3 Å². The minimum absolute atomic E-state index is 0.0427. The number of hydrogen-bond donors (Lipinski definition) is 2. The summed E-state index contributed by atoms with van der Waals surface area (Å²) in [7, 11) is 0. The van der Waals surface area contributed by atoms with Gasteiger partial charge in [0.1, 0.15) is 0 Å². The molecule has 0 saturated carbocycles. The zero-order valence-electron chi connectivity index (χ0n) is 12.3. The van der Waals surface area contributed by atoms with Gasteiger partial charge in [-0.3, -0.25) is 4.79 Å². The van der Waals surface area contributed by atoms with Gasteiger partial charge in [-0.15, -0.1) is 0 Å². The molecule has 0 aliphatic heterocycles. The molecule has 0 heterocycles. The van der Waals surface area contributed by atoms with E-state index in [-0.39, 0.29) is 11.9 Å². The topological polar surface area (TPSA) is 55.1 Å². The van der Waals surface area contributed by atoms with Crippen molar-refractivity contribution in [2.45, 2.75) is 46.1 Å². The van der Waals surface area contributed by atoms with Gasteiger partial charge in [-0.1, -0.05) is 45.0 Å². The highest BCUT2D eigenvalue weighted by molar-refractivity contribution is 5.81. The first-order valence-corrected chi connectivity index (χ1v) is 7.14. The molecule has 0 aliphatic rings. The smallest absolute Gasteiger partial charge is 0.236 e. The summed E-state index contributed by atoms with van der Waals surface area (Å²) in [6, 6.07) is 8.14. The molecule has 0 radical (unpaired) electrons. The molecule has 3 heteroatoms. The van der Waals surface area contributed by atoms with Crippen molar-refractivity contribution >= 4 is 5.91 Å². The first-order valence-electron chi connectivity index (χ1n) is 7.14. The highest BCUT2D eigenvalue weighted by Gasteiger charge is 2.13. The van der Waals surface area contributed by atoms with Gasteiger partial charge in [0.15, 0.2) is 0 Å². The van der Waals surface area contributed by atoms with Gasteiger partial charge in [0.05, 0.1) is 6.04 Å². The molecule has 106 valence electrons. The number of carbonyl (C=O) groups is 1. The minimum Gasteiger partial charge on any atom is -0.354 e. The second-order valence-electron chi connectivity index (χ2n) is 5.45. The summed E-state index contributed by atoms with van der Waals surface area (Å²) >= 11 is 0. The van der Waals surface area contributed by atoms with Crippen LogP contribution in [0.5, 0.6) is 0 Å². The Hall–Kier alpha value is -1.35. The van der Waals surface area contributed by atoms with Crippen LogP contribution in [0.2, 0.25) is 0 Å². The quantitative estimate of drug-likeness (QED) is 0.792. The lowest BCUT2D eigenvalue weighted by atomic mass is 10.0. The largest absolute Gasteiger partial charge is 0.354 e. The van der Waals surface area contributed by atoms with Gasteiger partial charge in [-0.05, 0) is 36.3 Å². The van der Waals surface area contributed by atoms with E-state index in [9.17, 15) is 4.79 Å². The number of rotatable bonds is 7. The summed E-state index contributed by atoms with van der Waals surface area (Å²) < 4.78 is 0. The number of nitrogens with one attached hydrogen (secondary N) is 1. The van der Waals surface area contributed by atoms with E-state index in [2.05, 4.69) is 50.4 Å². The van der Waals surface area contributed by atoms with Crippen molar-refractivity contribution in [2.24, 2.45) is 11.7 Å². The summed E-state index contributed by atoms with van der Waals surface area (Å²) in [6.07, 6.45) is 2.64. The van der Waals surface area contributed by atoms with Crippen LogP contribution in [-0.2, 0) is 17.6 Å². The Kier molecular flexibility index (Phi) is 6.57. The number of carbonyl (C=O) groups excluding carboxylic acids is 1. The molecule has 1 atom stereocenters. The summed E-state index contributed by atoms with van der Waals surface area (Å²) in [5.41, 5.74) is 8.41. The number of amides is 1. The molecular weight excluding hydrogens is 236 g/mol. The van der Waals surface area contributed by atoms with Gasteiger partial charge < -0.3 is 11.1 Å². The van der Waals surface area contributed by atoms with E-state index in [0.717, 1.165) is 19.3 Å². The predicted molar refractivity (Wildman–Crippen MR) is 80.0 cm³/mol. The van der Waals surface area contributed by atoms with Crippen LogP contribution in [0.25, 0.3) is 0 Å². The van der Waals surface area contributed by atoms with Gasteiger partial charge >= 0.3 is 0 Å². The Bertz CT molecular complexity index is 384. The maximum absolute atomic E-state index is 11.7. The fraction of sp³-hybridized carbons (Fsp3) is 0.562. The summed E-state index contributed by atoms with van der Waals surface area (Å²) in [5, 5.41) is 2.90. The second-order valence-corrected chi connectivity index (χ2v) is 5.45. The van der Waals surface area contributed by atoms with E-state index in [4.69, 9.17) is 5.73 Å². The highest BCUT2D eigenvalue weighted by atomic mass is 16.2. The molecule has 1 amide bonds. The average molecular weight is 262 g/mol. The van der Waals surface area contributed by atoms with Crippen molar-refractivity contribution in [1.82, 2.24) is 5.32 Å². The van der Waals surface area contributed by atoms with Crippen LogP contribution in [0.3, 0.4) is 0 Å². The second kappa shape index (κ2) is 7.95. The summed E-state index contributed by atoms with van der Waals surface area (Å²) in [5.74, 6) is 0.404. The van der Waals surface area contributed by atoms with Crippen LogP contribution >= 0.6 is 0 Å². The molecule has 0 saturated heterocycles. The van der Waals surface area contributed by atoms with Crippen molar-refractivity contribution in [2.75, 3.05) is 6.54 Å². The van der Waals surface area contributed by atoms with Gasteiger partial charge in [0, 0.05) is 6.54 Å². The fourth-order valence-electron chi connectivity index (χ4n) is 2.02. The van der Waals surface area contributed by atoms with Crippen LogP contribution in [0.4, 0.5) is 0 Å². The van der Waals surface area contributed by atoms with E-state index < -0.39 is 0 Å². The maximum Gasteiger partial charge on any atom is 0.236 e. The third kappa shape index (κ3) is 5.88. The standard InChI is InChI=1S/C16H26N2O/c1-4-13-5-7-14(8-6-13)9-10-18-16(19)15(17)11-12(2)3/h5-8,12,15H,4,9-11,17H2,1-3H3,(H,18,19)/t15-/m0/s1. The lowest BCUT2D eigenvalue weighted by molar-refractivity contribution is -0.122.